The SMILES string of the molecule is Cn1c(=O)oc2cc(NC(=O)CCC#N)ccc21. The quantitative estimate of drug-likeness (QED) is 0.884. The molecule has 0 bridgehead atoms. The van der Waals surface area contributed by atoms with E-state index in [4.69, 9.17) is 9.68 Å². The smallest absolute Gasteiger partial charge is 0.408 e. The standard InChI is InChI=1S/C12H11N3O3/c1-15-9-5-4-8(7-10(9)18-12(15)17)14-11(16)3-2-6-13/h4-5,7H,2-3H2,1H3,(H,14,16). The summed E-state index contributed by atoms with van der Waals surface area (Å²) in [6, 6.07) is 6.86. The normalized spacial score (nSPS) is 10.2. The van der Waals surface area contributed by atoms with Crippen molar-refractivity contribution in [2.45, 2.75) is 12.8 Å². The number of nitrogens with one attached hydrogen (secondary N) is 1. The Morgan fingerprint density at radius 1 is 1.56 bits per heavy atom. The molecule has 1 amide bonds. The van der Waals surface area contributed by atoms with Gasteiger partial charge in [-0.05, 0) is 12.1 Å². The topological polar surface area (TPSA) is 88.0 Å². The average Bonchev–Trinajstić information content (AvgIpc) is 2.62. The second-order valence-electron chi connectivity index (χ2n) is 3.82. The molecule has 0 spiro atoms. The zero-order valence-electron chi connectivity index (χ0n) is 9.77. The number of amides is 1. The van der Waals surface area contributed by atoms with Crippen LogP contribution in [0, 0.1) is 11.3 Å². The summed E-state index contributed by atoms with van der Waals surface area (Å²) in [7, 11) is 1.61. The van der Waals surface area contributed by atoms with Crippen LogP contribution in [-0.2, 0) is 11.8 Å². The number of oxazole rings is 1. The molecule has 1 N–H and O–H groups in total. The third-order valence-electron chi connectivity index (χ3n) is 2.54. The van der Waals surface area contributed by atoms with E-state index in [9.17, 15) is 9.59 Å². The van der Waals surface area contributed by atoms with Gasteiger partial charge in [-0.15, -0.1) is 0 Å². The second-order valence-corrected chi connectivity index (χ2v) is 3.82. The Kier molecular flexibility index (Phi) is 3.15. The van der Waals surface area contributed by atoms with Gasteiger partial charge in [0.15, 0.2) is 5.58 Å². The van der Waals surface area contributed by atoms with Gasteiger partial charge in [0.05, 0.1) is 11.6 Å². The van der Waals surface area contributed by atoms with E-state index in [1.807, 2.05) is 6.07 Å². The Morgan fingerprint density at radius 3 is 3.06 bits per heavy atom. The number of rotatable bonds is 3. The second kappa shape index (κ2) is 4.75. The Hall–Kier alpha value is -2.55. The monoisotopic (exact) mass is 245 g/mol. The van der Waals surface area contributed by atoms with Gasteiger partial charge >= 0.3 is 5.76 Å². The summed E-state index contributed by atoms with van der Waals surface area (Å²) in [4.78, 5) is 22.7. The molecule has 0 fully saturated rings. The van der Waals surface area contributed by atoms with E-state index in [2.05, 4.69) is 5.32 Å². The van der Waals surface area contributed by atoms with Gasteiger partial charge in [-0.1, -0.05) is 0 Å². The van der Waals surface area contributed by atoms with Crippen molar-refractivity contribution in [3.63, 3.8) is 0 Å². The van der Waals surface area contributed by atoms with Gasteiger partial charge in [0.2, 0.25) is 5.91 Å². The number of benzene rings is 1. The van der Waals surface area contributed by atoms with Crippen LogP contribution in [0.25, 0.3) is 11.1 Å². The molecule has 0 saturated carbocycles. The molecule has 0 unspecified atom stereocenters. The van der Waals surface area contributed by atoms with E-state index < -0.39 is 5.76 Å². The molecule has 92 valence electrons. The summed E-state index contributed by atoms with van der Waals surface area (Å²) in [5.41, 5.74) is 1.62. The molecule has 0 radical (unpaired) electrons. The van der Waals surface area contributed by atoms with Crippen molar-refractivity contribution >= 4 is 22.7 Å². The van der Waals surface area contributed by atoms with Gasteiger partial charge < -0.3 is 9.73 Å². The first-order valence-corrected chi connectivity index (χ1v) is 5.38. The third-order valence-corrected chi connectivity index (χ3v) is 2.54. The molecule has 2 rings (SSSR count). The van der Waals surface area contributed by atoms with E-state index in [0.717, 1.165) is 0 Å². The fourth-order valence-electron chi connectivity index (χ4n) is 1.60. The number of nitriles is 1. The van der Waals surface area contributed by atoms with Gasteiger partial charge in [-0.3, -0.25) is 9.36 Å². The fraction of sp³-hybridized carbons (Fsp3) is 0.250. The molecular weight excluding hydrogens is 234 g/mol. The van der Waals surface area contributed by atoms with Crippen molar-refractivity contribution in [1.29, 1.82) is 5.26 Å². The van der Waals surface area contributed by atoms with Crippen molar-refractivity contribution in [1.82, 2.24) is 4.57 Å². The van der Waals surface area contributed by atoms with E-state index in [-0.39, 0.29) is 18.7 Å². The van der Waals surface area contributed by atoms with Crippen molar-refractivity contribution in [2.24, 2.45) is 7.05 Å². The number of aryl methyl sites for hydroxylation is 1. The van der Waals surface area contributed by atoms with Crippen molar-refractivity contribution < 1.29 is 9.21 Å². The van der Waals surface area contributed by atoms with Crippen LogP contribution in [0.4, 0.5) is 5.69 Å². The molecule has 1 aromatic carbocycles. The Morgan fingerprint density at radius 2 is 2.33 bits per heavy atom. The summed E-state index contributed by atoms with van der Waals surface area (Å²) in [5.74, 6) is -0.688. The summed E-state index contributed by atoms with van der Waals surface area (Å²) < 4.78 is 6.39. The first-order chi connectivity index (χ1) is 8.61. The number of fused-ring (bicyclic) bond motifs is 1. The number of aromatic nitrogens is 1. The summed E-state index contributed by atoms with van der Waals surface area (Å²) in [5, 5.41) is 11.0. The largest absolute Gasteiger partial charge is 0.419 e. The highest BCUT2D eigenvalue weighted by Gasteiger charge is 2.08. The fourth-order valence-corrected chi connectivity index (χ4v) is 1.60. The van der Waals surface area contributed by atoms with Crippen LogP contribution in [0.1, 0.15) is 12.8 Å². The summed E-state index contributed by atoms with van der Waals surface area (Å²) in [6.45, 7) is 0. The number of nitrogens with zero attached hydrogens (tertiary/aromatic N) is 2. The summed E-state index contributed by atoms with van der Waals surface area (Å²) in [6.07, 6.45) is 0.321. The van der Waals surface area contributed by atoms with E-state index >= 15 is 0 Å². The lowest BCUT2D eigenvalue weighted by Gasteiger charge is -2.03. The van der Waals surface area contributed by atoms with Crippen LogP contribution in [0.3, 0.4) is 0 Å². The molecule has 0 aliphatic heterocycles. The van der Waals surface area contributed by atoms with Gasteiger partial charge in [-0.25, -0.2) is 4.79 Å². The maximum absolute atomic E-state index is 11.4. The molecule has 0 aliphatic rings. The molecule has 2 aromatic rings. The molecule has 6 nitrogen and oxygen atoms in total. The maximum Gasteiger partial charge on any atom is 0.419 e. The highest BCUT2D eigenvalue weighted by Crippen LogP contribution is 2.17. The third kappa shape index (κ3) is 2.25. The van der Waals surface area contributed by atoms with Crippen LogP contribution in [0.15, 0.2) is 27.4 Å². The first-order valence-electron chi connectivity index (χ1n) is 5.38. The lowest BCUT2D eigenvalue weighted by Crippen LogP contribution is -2.10. The predicted molar refractivity (Wildman–Crippen MR) is 64.9 cm³/mol. The van der Waals surface area contributed by atoms with Crippen LogP contribution in [0.2, 0.25) is 0 Å². The Bertz CT molecular complexity index is 691. The first kappa shape index (κ1) is 11.9. The molecule has 0 saturated heterocycles. The van der Waals surface area contributed by atoms with E-state index in [1.165, 1.54) is 4.57 Å². The minimum absolute atomic E-state index is 0.146. The number of carbonyl (C=O) groups excluding carboxylic acids is 1. The lowest BCUT2D eigenvalue weighted by atomic mass is 10.2. The maximum atomic E-state index is 11.4. The minimum atomic E-state index is -0.446. The Labute approximate surface area is 102 Å². The summed E-state index contributed by atoms with van der Waals surface area (Å²) >= 11 is 0. The molecule has 1 heterocycles. The van der Waals surface area contributed by atoms with Crippen molar-refractivity contribution in [3.05, 3.63) is 28.7 Å². The van der Waals surface area contributed by atoms with Gasteiger partial charge in [0, 0.05) is 31.6 Å². The minimum Gasteiger partial charge on any atom is -0.408 e. The number of carbonyl (C=O) groups is 1. The van der Waals surface area contributed by atoms with Crippen molar-refractivity contribution in [2.75, 3.05) is 5.32 Å². The number of hydrogen-bond acceptors (Lipinski definition) is 4. The van der Waals surface area contributed by atoms with Crippen LogP contribution < -0.4 is 11.1 Å². The van der Waals surface area contributed by atoms with Gasteiger partial charge in [-0.2, -0.15) is 5.26 Å². The van der Waals surface area contributed by atoms with E-state index in [0.29, 0.717) is 16.8 Å². The lowest BCUT2D eigenvalue weighted by molar-refractivity contribution is -0.116. The molecule has 1 aromatic heterocycles. The highest BCUT2D eigenvalue weighted by atomic mass is 16.4. The predicted octanol–water partition coefficient (Wildman–Crippen LogP) is 1.37. The van der Waals surface area contributed by atoms with Gasteiger partial charge in [0.1, 0.15) is 0 Å². The van der Waals surface area contributed by atoms with Crippen LogP contribution in [-0.4, -0.2) is 10.5 Å². The van der Waals surface area contributed by atoms with Gasteiger partial charge in [0.25, 0.3) is 0 Å². The van der Waals surface area contributed by atoms with Crippen molar-refractivity contribution in [3.8, 4) is 6.07 Å². The zero-order valence-corrected chi connectivity index (χ0v) is 9.77. The molecule has 0 aliphatic carbocycles. The molecule has 18 heavy (non-hydrogen) atoms. The average molecular weight is 245 g/mol. The Balaban J connectivity index is 2.23. The van der Waals surface area contributed by atoms with Crippen LogP contribution >= 0.6 is 0 Å². The molecule has 6 heteroatoms. The van der Waals surface area contributed by atoms with E-state index in [1.54, 1.807) is 25.2 Å². The highest BCUT2D eigenvalue weighted by molar-refractivity contribution is 5.92. The molecule has 0 atom stereocenters. The van der Waals surface area contributed by atoms with Crippen LogP contribution in [0.5, 0.6) is 0 Å². The number of anilines is 1. The number of hydrogen-bond donors (Lipinski definition) is 1. The molecular formula is C12H11N3O3. The zero-order chi connectivity index (χ0) is 13.1.